The smallest absolute Gasteiger partial charge is 0.348 e. The summed E-state index contributed by atoms with van der Waals surface area (Å²) >= 11 is 4.68. The summed E-state index contributed by atoms with van der Waals surface area (Å²) in [6, 6.07) is 6.40. The highest BCUT2D eigenvalue weighted by Crippen LogP contribution is 2.13. The van der Waals surface area contributed by atoms with Crippen LogP contribution in [0.5, 0.6) is 5.75 Å². The zero-order chi connectivity index (χ0) is 13.1. The minimum atomic E-state index is -0.531. The number of hydrogen-bond acceptors (Lipinski definition) is 4. The lowest BCUT2D eigenvalue weighted by Crippen LogP contribution is -2.24. The molecule has 94 valence electrons. The van der Waals surface area contributed by atoms with Gasteiger partial charge < -0.3 is 10.5 Å². The van der Waals surface area contributed by atoms with E-state index in [2.05, 4.69) is 22.4 Å². The lowest BCUT2D eigenvalue weighted by Gasteiger charge is -2.05. The third kappa shape index (κ3) is 2.48. The summed E-state index contributed by atoms with van der Waals surface area (Å²) in [6.45, 7) is 0.138. The summed E-state index contributed by atoms with van der Waals surface area (Å²) in [4.78, 5) is 23.0. The minimum Gasteiger partial charge on any atom is -0.487 e. The SMILES string of the molecule is NC(=S)COc1ccc(-n2c(=O)[nH][nH]c2=O)cc1. The van der Waals surface area contributed by atoms with Crippen molar-refractivity contribution in [2.24, 2.45) is 5.73 Å². The molecule has 0 radical (unpaired) electrons. The molecule has 18 heavy (non-hydrogen) atoms. The van der Waals surface area contributed by atoms with Crippen molar-refractivity contribution in [1.29, 1.82) is 0 Å². The molecule has 1 aromatic heterocycles. The Kier molecular flexibility index (Phi) is 3.28. The predicted molar refractivity (Wildman–Crippen MR) is 69.3 cm³/mol. The zero-order valence-corrected chi connectivity index (χ0v) is 9.99. The number of nitrogens with two attached hydrogens (primary N) is 1. The van der Waals surface area contributed by atoms with E-state index in [4.69, 9.17) is 10.5 Å². The van der Waals surface area contributed by atoms with E-state index in [1.807, 2.05) is 0 Å². The first-order chi connectivity index (χ1) is 8.58. The second-order valence-corrected chi connectivity index (χ2v) is 3.97. The first-order valence-electron chi connectivity index (χ1n) is 4.99. The molecule has 0 bridgehead atoms. The number of nitrogens with zero attached hydrogens (tertiary/aromatic N) is 1. The lowest BCUT2D eigenvalue weighted by atomic mass is 10.3. The van der Waals surface area contributed by atoms with Crippen LogP contribution >= 0.6 is 12.2 Å². The van der Waals surface area contributed by atoms with Gasteiger partial charge >= 0.3 is 11.4 Å². The highest BCUT2D eigenvalue weighted by molar-refractivity contribution is 7.80. The number of thiocarbonyl (C=S) groups is 1. The average molecular weight is 266 g/mol. The van der Waals surface area contributed by atoms with Crippen LogP contribution in [0.3, 0.4) is 0 Å². The van der Waals surface area contributed by atoms with Gasteiger partial charge in [0.2, 0.25) is 0 Å². The van der Waals surface area contributed by atoms with Crippen molar-refractivity contribution >= 4 is 17.2 Å². The molecule has 0 aliphatic carbocycles. The second-order valence-electron chi connectivity index (χ2n) is 3.44. The third-order valence-electron chi connectivity index (χ3n) is 2.16. The van der Waals surface area contributed by atoms with Crippen molar-refractivity contribution in [3.05, 3.63) is 45.2 Å². The van der Waals surface area contributed by atoms with Crippen LogP contribution in [0, 0.1) is 0 Å². The number of ether oxygens (including phenoxy) is 1. The monoisotopic (exact) mass is 266 g/mol. The molecule has 7 nitrogen and oxygen atoms in total. The van der Waals surface area contributed by atoms with Crippen LogP contribution in [-0.2, 0) is 0 Å². The summed E-state index contributed by atoms with van der Waals surface area (Å²) < 4.78 is 6.22. The number of aromatic nitrogens is 3. The normalized spacial score (nSPS) is 10.2. The van der Waals surface area contributed by atoms with E-state index in [-0.39, 0.29) is 11.6 Å². The van der Waals surface area contributed by atoms with E-state index in [9.17, 15) is 9.59 Å². The highest BCUT2D eigenvalue weighted by Gasteiger charge is 2.05. The number of benzene rings is 1. The number of hydrogen-bond donors (Lipinski definition) is 3. The molecule has 0 fully saturated rings. The van der Waals surface area contributed by atoms with E-state index in [1.165, 1.54) is 0 Å². The van der Waals surface area contributed by atoms with E-state index in [0.717, 1.165) is 4.57 Å². The number of H-pyrrole nitrogens is 2. The number of rotatable bonds is 4. The van der Waals surface area contributed by atoms with E-state index >= 15 is 0 Å². The molecule has 0 saturated carbocycles. The molecule has 0 saturated heterocycles. The van der Waals surface area contributed by atoms with Crippen LogP contribution in [0.1, 0.15) is 0 Å². The van der Waals surface area contributed by atoms with Crippen molar-refractivity contribution in [3.63, 3.8) is 0 Å². The molecule has 0 spiro atoms. The summed E-state index contributed by atoms with van der Waals surface area (Å²) in [5.41, 5.74) is 4.67. The molecular weight excluding hydrogens is 256 g/mol. The van der Waals surface area contributed by atoms with Crippen molar-refractivity contribution < 1.29 is 4.74 Å². The fourth-order valence-electron chi connectivity index (χ4n) is 1.39. The molecule has 0 aliphatic heterocycles. The van der Waals surface area contributed by atoms with E-state index < -0.39 is 11.4 Å². The fraction of sp³-hybridized carbons (Fsp3) is 0.100. The lowest BCUT2D eigenvalue weighted by molar-refractivity contribution is 0.377. The molecule has 2 rings (SSSR count). The number of nitrogens with one attached hydrogen (secondary N) is 2. The fourth-order valence-corrected chi connectivity index (χ4v) is 1.45. The first kappa shape index (κ1) is 12.1. The van der Waals surface area contributed by atoms with Gasteiger partial charge in [-0.1, -0.05) is 12.2 Å². The summed E-state index contributed by atoms with van der Waals surface area (Å²) in [7, 11) is 0. The Morgan fingerprint density at radius 3 is 2.28 bits per heavy atom. The maximum Gasteiger partial charge on any atom is 0.348 e. The van der Waals surface area contributed by atoms with Gasteiger partial charge in [0.25, 0.3) is 0 Å². The van der Waals surface area contributed by atoms with Gasteiger partial charge in [-0.3, -0.25) is 0 Å². The first-order valence-corrected chi connectivity index (χ1v) is 5.40. The second kappa shape index (κ2) is 4.88. The van der Waals surface area contributed by atoms with Crippen molar-refractivity contribution in [1.82, 2.24) is 14.8 Å². The quantitative estimate of drug-likeness (QED) is 0.648. The van der Waals surface area contributed by atoms with Crippen LogP contribution < -0.4 is 21.9 Å². The van der Waals surface area contributed by atoms with Gasteiger partial charge in [-0.15, -0.1) is 0 Å². The van der Waals surface area contributed by atoms with Gasteiger partial charge in [-0.25, -0.2) is 24.4 Å². The Hall–Kier alpha value is -2.35. The van der Waals surface area contributed by atoms with Gasteiger partial charge in [-0.2, -0.15) is 0 Å². The molecule has 0 unspecified atom stereocenters. The van der Waals surface area contributed by atoms with Gasteiger partial charge in [0.1, 0.15) is 17.3 Å². The standard InChI is InChI=1S/C10H10N4O3S/c11-8(18)5-17-7-3-1-6(2-4-7)14-9(15)12-13-10(14)16/h1-4H,5H2,(H2,11,18)(H,12,15)(H,13,16). The van der Waals surface area contributed by atoms with Crippen molar-refractivity contribution in [3.8, 4) is 11.4 Å². The van der Waals surface area contributed by atoms with Gasteiger partial charge in [-0.05, 0) is 24.3 Å². The molecule has 0 amide bonds. The highest BCUT2D eigenvalue weighted by atomic mass is 32.1. The van der Waals surface area contributed by atoms with Crippen LogP contribution in [0.25, 0.3) is 5.69 Å². The van der Waals surface area contributed by atoms with E-state index in [1.54, 1.807) is 24.3 Å². The molecule has 0 atom stereocenters. The predicted octanol–water partition coefficient (Wildman–Crippen LogP) is -0.481. The Morgan fingerprint density at radius 1 is 1.22 bits per heavy atom. The maximum atomic E-state index is 11.4. The summed E-state index contributed by atoms with van der Waals surface area (Å²) in [5.74, 6) is 0.548. The Morgan fingerprint density at radius 2 is 1.78 bits per heavy atom. The molecular formula is C10H10N4O3S. The topological polar surface area (TPSA) is 106 Å². The molecule has 0 aliphatic rings. The van der Waals surface area contributed by atoms with Gasteiger partial charge in [0, 0.05) is 0 Å². The van der Waals surface area contributed by atoms with Crippen molar-refractivity contribution in [2.75, 3.05) is 6.61 Å². The van der Waals surface area contributed by atoms with Crippen LogP contribution in [0.15, 0.2) is 33.9 Å². The van der Waals surface area contributed by atoms with Crippen LogP contribution in [0.4, 0.5) is 0 Å². The van der Waals surface area contributed by atoms with Crippen LogP contribution in [0.2, 0.25) is 0 Å². The Labute approximate surface area is 106 Å². The molecule has 2 aromatic rings. The number of aromatic amines is 2. The largest absolute Gasteiger partial charge is 0.487 e. The molecule has 8 heteroatoms. The average Bonchev–Trinajstić information content (AvgIpc) is 2.67. The third-order valence-corrected chi connectivity index (χ3v) is 2.28. The van der Waals surface area contributed by atoms with Gasteiger partial charge in [0.05, 0.1) is 5.69 Å². The van der Waals surface area contributed by atoms with Crippen molar-refractivity contribution in [2.45, 2.75) is 0 Å². The van der Waals surface area contributed by atoms with Crippen LogP contribution in [-0.4, -0.2) is 26.4 Å². The molecule has 4 N–H and O–H groups in total. The summed E-state index contributed by atoms with van der Waals surface area (Å²) in [5, 5.41) is 4.39. The van der Waals surface area contributed by atoms with Gasteiger partial charge in [0.15, 0.2) is 0 Å². The Balaban J connectivity index is 2.25. The maximum absolute atomic E-state index is 11.4. The minimum absolute atomic E-state index is 0.138. The molecule has 1 heterocycles. The molecule has 1 aromatic carbocycles. The van der Waals surface area contributed by atoms with E-state index in [0.29, 0.717) is 11.4 Å². The zero-order valence-electron chi connectivity index (χ0n) is 9.17. The Bertz CT molecular complexity index is 640. The summed E-state index contributed by atoms with van der Waals surface area (Å²) in [6.07, 6.45) is 0.